The molecule has 0 radical (unpaired) electrons. The topological polar surface area (TPSA) is 46.2 Å². The van der Waals surface area contributed by atoms with Crippen molar-refractivity contribution in [1.82, 2.24) is 0 Å². The van der Waals surface area contributed by atoms with E-state index in [0.717, 1.165) is 23.1 Å². The number of benzene rings is 1. The van der Waals surface area contributed by atoms with Gasteiger partial charge in [0.05, 0.1) is 18.5 Å². The maximum Gasteiger partial charge on any atom is 0.228 e. The summed E-state index contributed by atoms with van der Waals surface area (Å²) in [5.74, 6) is 5.59. The van der Waals surface area contributed by atoms with Crippen LogP contribution in [0.3, 0.4) is 0 Å². The first kappa shape index (κ1) is 9.47. The van der Waals surface area contributed by atoms with Crippen LogP contribution in [0.25, 0.3) is 0 Å². The molecule has 2 rings (SSSR count). The molecule has 0 atom stereocenters. The molecule has 3 nitrogen and oxygen atoms in total. The Hall–Kier alpha value is -2.08. The monoisotopic (exact) mass is 199 g/mol. The zero-order chi connectivity index (χ0) is 10.7. The molecule has 1 heterocycles. The van der Waals surface area contributed by atoms with E-state index >= 15 is 0 Å². The van der Waals surface area contributed by atoms with E-state index in [1.807, 2.05) is 18.2 Å². The molecule has 0 unspecified atom stereocenters. The molecule has 0 bridgehead atoms. The van der Waals surface area contributed by atoms with Crippen LogP contribution >= 0.6 is 0 Å². The maximum absolute atomic E-state index is 11.2. The smallest absolute Gasteiger partial charge is 0.228 e. The molecule has 0 aliphatic carbocycles. The minimum Gasteiger partial charge on any atom is -0.324 e. The summed E-state index contributed by atoms with van der Waals surface area (Å²) >= 11 is 0. The summed E-state index contributed by atoms with van der Waals surface area (Å²) in [6.45, 7) is 0. The SMILES string of the molecule is O=CCC#Cc1cccc2c1NC(=O)C2. The summed E-state index contributed by atoms with van der Waals surface area (Å²) in [5.41, 5.74) is 2.54. The number of para-hydroxylation sites is 1. The number of carbonyl (C=O) groups is 2. The Morgan fingerprint density at radius 2 is 2.33 bits per heavy atom. The number of fused-ring (bicyclic) bond motifs is 1. The van der Waals surface area contributed by atoms with Gasteiger partial charge in [0.25, 0.3) is 0 Å². The van der Waals surface area contributed by atoms with Crippen LogP contribution in [0.4, 0.5) is 5.69 Å². The standard InChI is InChI=1S/C12H9NO2/c14-7-2-1-4-9-5-3-6-10-8-11(15)13-12(9)10/h3,5-7H,2,8H2,(H,13,15). The molecule has 0 aromatic heterocycles. The second-order valence-corrected chi connectivity index (χ2v) is 3.24. The molecule has 1 aromatic rings. The Labute approximate surface area is 87.5 Å². The third-order valence-electron chi connectivity index (χ3n) is 2.17. The van der Waals surface area contributed by atoms with E-state index in [2.05, 4.69) is 17.2 Å². The molecule has 74 valence electrons. The zero-order valence-corrected chi connectivity index (χ0v) is 8.04. The van der Waals surface area contributed by atoms with E-state index in [1.165, 1.54) is 0 Å². The molecule has 1 amide bonds. The van der Waals surface area contributed by atoms with Crippen molar-refractivity contribution >= 4 is 17.9 Å². The second-order valence-electron chi connectivity index (χ2n) is 3.24. The van der Waals surface area contributed by atoms with Gasteiger partial charge in [-0.2, -0.15) is 0 Å². The summed E-state index contributed by atoms with van der Waals surface area (Å²) in [6.07, 6.45) is 1.39. The first-order valence-electron chi connectivity index (χ1n) is 4.65. The molecular formula is C12H9NO2. The predicted octanol–water partition coefficient (Wildman–Crippen LogP) is 1.12. The van der Waals surface area contributed by atoms with E-state index in [9.17, 15) is 9.59 Å². The average molecular weight is 199 g/mol. The fourth-order valence-electron chi connectivity index (χ4n) is 1.54. The predicted molar refractivity (Wildman–Crippen MR) is 56.3 cm³/mol. The Kier molecular flexibility index (Phi) is 2.51. The van der Waals surface area contributed by atoms with Gasteiger partial charge < -0.3 is 10.1 Å². The van der Waals surface area contributed by atoms with Gasteiger partial charge >= 0.3 is 0 Å². The van der Waals surface area contributed by atoms with E-state index in [4.69, 9.17) is 0 Å². The van der Waals surface area contributed by atoms with Crippen LogP contribution in [0.2, 0.25) is 0 Å². The Morgan fingerprint density at radius 3 is 3.13 bits per heavy atom. The molecule has 0 saturated heterocycles. The number of hydrogen-bond donors (Lipinski definition) is 1. The normalized spacial score (nSPS) is 12.4. The molecule has 0 fully saturated rings. The highest BCUT2D eigenvalue weighted by Crippen LogP contribution is 2.26. The lowest BCUT2D eigenvalue weighted by Crippen LogP contribution is -2.04. The Balaban J connectivity index is 2.35. The van der Waals surface area contributed by atoms with Gasteiger partial charge in [0.1, 0.15) is 6.29 Å². The maximum atomic E-state index is 11.2. The van der Waals surface area contributed by atoms with Crippen molar-refractivity contribution in [3.05, 3.63) is 29.3 Å². The van der Waals surface area contributed by atoms with E-state index in [-0.39, 0.29) is 12.3 Å². The van der Waals surface area contributed by atoms with Crippen LogP contribution in [0.5, 0.6) is 0 Å². The summed E-state index contributed by atoms with van der Waals surface area (Å²) in [6, 6.07) is 5.60. The summed E-state index contributed by atoms with van der Waals surface area (Å²) in [5, 5.41) is 2.76. The Morgan fingerprint density at radius 1 is 1.47 bits per heavy atom. The lowest BCUT2D eigenvalue weighted by atomic mass is 10.1. The van der Waals surface area contributed by atoms with Gasteiger partial charge in [0, 0.05) is 5.56 Å². The highest BCUT2D eigenvalue weighted by molar-refractivity contribution is 6.00. The summed E-state index contributed by atoms with van der Waals surface area (Å²) in [4.78, 5) is 21.3. The van der Waals surface area contributed by atoms with Crippen LogP contribution in [0, 0.1) is 11.8 Å². The van der Waals surface area contributed by atoms with Crippen molar-refractivity contribution < 1.29 is 9.59 Å². The number of aldehydes is 1. The minimum absolute atomic E-state index is 0.00497. The highest BCUT2D eigenvalue weighted by Gasteiger charge is 2.19. The molecule has 15 heavy (non-hydrogen) atoms. The number of amides is 1. The van der Waals surface area contributed by atoms with Gasteiger partial charge in [-0.3, -0.25) is 4.79 Å². The van der Waals surface area contributed by atoms with Crippen LogP contribution in [0.1, 0.15) is 17.5 Å². The van der Waals surface area contributed by atoms with E-state index in [0.29, 0.717) is 6.42 Å². The quantitative estimate of drug-likeness (QED) is 0.544. The molecule has 1 N–H and O–H groups in total. The van der Waals surface area contributed by atoms with Gasteiger partial charge in [-0.25, -0.2) is 0 Å². The molecule has 1 aliphatic heterocycles. The lowest BCUT2D eigenvalue weighted by Gasteiger charge is -2.00. The van der Waals surface area contributed by atoms with Crippen LogP contribution < -0.4 is 5.32 Å². The van der Waals surface area contributed by atoms with Gasteiger partial charge in [0.15, 0.2) is 0 Å². The summed E-state index contributed by atoms with van der Waals surface area (Å²) in [7, 11) is 0. The third-order valence-corrected chi connectivity index (χ3v) is 2.17. The molecule has 1 aliphatic rings. The lowest BCUT2D eigenvalue weighted by molar-refractivity contribution is -0.115. The van der Waals surface area contributed by atoms with E-state index < -0.39 is 0 Å². The molecule has 3 heteroatoms. The second kappa shape index (κ2) is 3.97. The Bertz CT molecular complexity index is 480. The van der Waals surface area contributed by atoms with Crippen molar-refractivity contribution in [3.8, 4) is 11.8 Å². The number of rotatable bonds is 1. The molecular weight excluding hydrogens is 190 g/mol. The van der Waals surface area contributed by atoms with Crippen LogP contribution in [-0.2, 0) is 16.0 Å². The van der Waals surface area contributed by atoms with Crippen molar-refractivity contribution in [3.63, 3.8) is 0 Å². The molecule has 0 saturated carbocycles. The fraction of sp³-hybridized carbons (Fsp3) is 0.167. The average Bonchev–Trinajstić information content (AvgIpc) is 2.59. The zero-order valence-electron chi connectivity index (χ0n) is 8.04. The van der Waals surface area contributed by atoms with Gasteiger partial charge in [-0.1, -0.05) is 24.0 Å². The van der Waals surface area contributed by atoms with Crippen LogP contribution in [0.15, 0.2) is 18.2 Å². The largest absolute Gasteiger partial charge is 0.324 e. The fourth-order valence-corrected chi connectivity index (χ4v) is 1.54. The van der Waals surface area contributed by atoms with E-state index in [1.54, 1.807) is 0 Å². The first-order chi connectivity index (χ1) is 7.31. The molecule has 0 spiro atoms. The summed E-state index contributed by atoms with van der Waals surface area (Å²) < 4.78 is 0. The number of hydrogen-bond acceptors (Lipinski definition) is 2. The van der Waals surface area contributed by atoms with Crippen LogP contribution in [-0.4, -0.2) is 12.2 Å². The number of nitrogens with one attached hydrogen (secondary N) is 1. The number of carbonyl (C=O) groups excluding carboxylic acids is 2. The third kappa shape index (κ3) is 1.89. The molecule has 1 aromatic carbocycles. The van der Waals surface area contributed by atoms with Gasteiger partial charge in [-0.05, 0) is 11.6 Å². The first-order valence-corrected chi connectivity index (χ1v) is 4.65. The van der Waals surface area contributed by atoms with Gasteiger partial charge in [0.2, 0.25) is 5.91 Å². The highest BCUT2D eigenvalue weighted by atomic mass is 16.1. The van der Waals surface area contributed by atoms with Crippen molar-refractivity contribution in [2.45, 2.75) is 12.8 Å². The number of anilines is 1. The van der Waals surface area contributed by atoms with Gasteiger partial charge in [-0.15, -0.1) is 0 Å². The van der Waals surface area contributed by atoms with Crippen molar-refractivity contribution in [2.75, 3.05) is 5.32 Å². The minimum atomic E-state index is -0.00497. The van der Waals surface area contributed by atoms with Crippen molar-refractivity contribution in [1.29, 1.82) is 0 Å². The van der Waals surface area contributed by atoms with Crippen molar-refractivity contribution in [2.24, 2.45) is 0 Å².